The molecule has 0 nitrogen and oxygen atoms in total. The van der Waals surface area contributed by atoms with Crippen LogP contribution >= 0.6 is 11.2 Å². The maximum Gasteiger partial charge on any atom is 0.0702 e. The average Bonchev–Trinajstić information content (AvgIpc) is 3.28. The fourth-order valence-electron chi connectivity index (χ4n) is 15.0. The van der Waals surface area contributed by atoms with Crippen LogP contribution in [0.3, 0.4) is 0 Å². The van der Waals surface area contributed by atoms with Crippen molar-refractivity contribution in [2.45, 2.75) is 246 Å². The molecule has 0 unspecified atom stereocenters. The van der Waals surface area contributed by atoms with Crippen molar-refractivity contribution in [1.29, 1.82) is 0 Å². The van der Waals surface area contributed by atoms with E-state index in [-0.39, 0.29) is 0 Å². The summed E-state index contributed by atoms with van der Waals surface area (Å²) in [6.07, 6.45) is 6.09. The highest BCUT2D eigenvalue weighted by molar-refractivity contribution is 8.33. The molecule has 0 aromatic heterocycles. The molecule has 0 bridgehead atoms. The van der Waals surface area contributed by atoms with Crippen LogP contribution in [0.4, 0.5) is 0 Å². The van der Waals surface area contributed by atoms with Gasteiger partial charge in [0.1, 0.15) is 0 Å². The van der Waals surface area contributed by atoms with Crippen molar-refractivity contribution in [1.82, 2.24) is 0 Å². The lowest BCUT2D eigenvalue weighted by Crippen LogP contribution is -2.77. The van der Waals surface area contributed by atoms with Gasteiger partial charge in [0.2, 0.25) is 0 Å². The molecule has 1 aliphatic carbocycles. The molecule has 1 radical (unpaired) electrons. The van der Waals surface area contributed by atoms with Crippen LogP contribution in [-0.2, 0) is 0 Å². The van der Waals surface area contributed by atoms with E-state index in [2.05, 4.69) is 196 Å². The first-order chi connectivity index (χ1) is 22.5. The highest BCUT2D eigenvalue weighted by Gasteiger charge is 2.68. The predicted molar refractivity (Wildman–Crippen MR) is 285 cm³/mol. The Labute approximate surface area is 348 Å². The van der Waals surface area contributed by atoms with E-state index >= 15 is 0 Å². The third kappa shape index (κ3) is 12.0. The zero-order chi connectivity index (χ0) is 41.9. The van der Waals surface area contributed by atoms with Crippen molar-refractivity contribution in [2.75, 3.05) is 0 Å². The molecule has 0 aromatic rings. The second-order valence-electron chi connectivity index (χ2n) is 27.3. The topological polar surface area (TPSA) is 0 Å². The van der Waals surface area contributed by atoms with Gasteiger partial charge in [-0.15, -0.1) is 0 Å². The molecule has 0 atom stereocenters. The zero-order valence-corrected chi connectivity index (χ0v) is 54.1. The number of hydrogen-bond donors (Lipinski definition) is 0. The maximum absolute atomic E-state index is 2.92. The van der Waals surface area contributed by atoms with Gasteiger partial charge in [-0.25, -0.2) is 0 Å². The van der Waals surface area contributed by atoms with Gasteiger partial charge in [-0.1, -0.05) is 228 Å². The molecule has 13 heteroatoms. The molecule has 0 aliphatic heterocycles. The van der Waals surface area contributed by atoms with Crippen LogP contribution in [-0.4, -0.2) is 99.7 Å². The molecule has 1 fully saturated rings. The third-order valence-electron chi connectivity index (χ3n) is 13.1. The van der Waals surface area contributed by atoms with Crippen molar-refractivity contribution in [2.24, 2.45) is 0 Å². The first-order valence-electron chi connectivity index (χ1n) is 21.9. The fraction of sp³-hybridized carbons (Fsp3) is 1.00. The Morgan fingerprint density at radius 3 is 0.846 bits per heavy atom. The van der Waals surface area contributed by atoms with Crippen molar-refractivity contribution < 1.29 is 0 Å². The molecule has 0 saturated heterocycles. The first-order valence-corrected chi connectivity index (χ1v) is 62.0. The lowest BCUT2D eigenvalue weighted by Gasteiger charge is -2.64. The van der Waals surface area contributed by atoms with Crippen molar-refractivity contribution >= 4 is 106 Å². The van der Waals surface area contributed by atoms with Gasteiger partial charge >= 0.3 is 0 Å². The minimum absolute atomic E-state index is 0.707. The van der Waals surface area contributed by atoms with Crippen LogP contribution < -0.4 is 0 Å². The van der Waals surface area contributed by atoms with E-state index in [0.29, 0.717) is 0 Å². The number of rotatable bonds is 18. The SMILES string of the molecule is CC(C)[Si]([Si]=[Si](SC1CCCC1)[Si](C(C)C)(C([Si](C)(C)C)[Si](C)(C)C)C([Si](C)(C)C)[Si](C)(C)C)(C([Si](C)(C)C)[Si](C)(C)C)C([Si](C)(C)C)[Si](C)(C)C. The van der Waals surface area contributed by atoms with Gasteiger partial charge in [-0.2, -0.15) is 11.2 Å². The van der Waals surface area contributed by atoms with Gasteiger partial charge in [0, 0.05) is 76.4 Å². The summed E-state index contributed by atoms with van der Waals surface area (Å²) in [6, 6.07) is 0. The van der Waals surface area contributed by atoms with Gasteiger partial charge < -0.3 is 0 Å². The minimum Gasteiger partial charge on any atom is -0.168 e. The summed E-state index contributed by atoms with van der Waals surface area (Å²) in [5.41, 5.74) is 1.83. The molecule has 0 N–H and O–H groups in total. The smallest absolute Gasteiger partial charge is 0.0702 e. The van der Waals surface area contributed by atoms with Gasteiger partial charge in [-0.05, 0) is 21.0 Å². The van der Waals surface area contributed by atoms with E-state index in [1.54, 1.807) is 0 Å². The molecule has 0 spiro atoms. The van der Waals surface area contributed by atoms with Crippen LogP contribution in [0.2, 0.25) is 187 Å². The van der Waals surface area contributed by atoms with Crippen LogP contribution in [0.15, 0.2) is 0 Å². The normalized spacial score (nSPS) is 18.1. The summed E-state index contributed by atoms with van der Waals surface area (Å²) in [4.78, 5) is 4.48. The molecular formula is C39H99SSi12. The van der Waals surface area contributed by atoms with Crippen LogP contribution in [0.5, 0.6) is 0 Å². The Hall–Kier alpha value is 2.95. The molecule has 1 saturated carbocycles. The van der Waals surface area contributed by atoms with Gasteiger partial charge in [0.05, 0.1) is 15.2 Å². The summed E-state index contributed by atoms with van der Waals surface area (Å²) in [6.45, 7) is 80.7. The summed E-state index contributed by atoms with van der Waals surface area (Å²) < 4.78 is 0. The van der Waals surface area contributed by atoms with E-state index in [4.69, 9.17) is 0 Å². The van der Waals surface area contributed by atoms with Gasteiger partial charge in [0.15, 0.2) is 0 Å². The van der Waals surface area contributed by atoms with Gasteiger partial charge in [-0.3, -0.25) is 0 Å². The van der Waals surface area contributed by atoms with E-state index in [1.807, 2.05) is 0 Å². The summed E-state index contributed by atoms with van der Waals surface area (Å²) in [5, 5.41) is 0.966. The zero-order valence-electron chi connectivity index (χ0n) is 41.3. The quantitative estimate of drug-likeness (QED) is 0.123. The highest BCUT2D eigenvalue weighted by atomic mass is 32.4. The first kappa shape index (κ1) is 53.0. The Kier molecular flexibility index (Phi) is 17.8. The van der Waals surface area contributed by atoms with E-state index < -0.39 is 86.3 Å². The Morgan fingerprint density at radius 1 is 0.404 bits per heavy atom. The minimum atomic E-state index is -1.93. The molecule has 309 valence electrons. The second-order valence-corrected chi connectivity index (χ2v) is 104. The van der Waals surface area contributed by atoms with Gasteiger partial charge in [0.25, 0.3) is 0 Å². The molecule has 0 aromatic carbocycles. The molecular weight excluding hydrogens is 838 g/mol. The van der Waals surface area contributed by atoms with E-state index in [1.165, 1.54) is 33.8 Å². The number of hydrogen-bond acceptors (Lipinski definition) is 1. The molecule has 0 heterocycles. The average molecular weight is 937 g/mol. The Bertz CT molecular complexity index is 1060. The van der Waals surface area contributed by atoms with Crippen molar-refractivity contribution in [3.63, 3.8) is 0 Å². The largest absolute Gasteiger partial charge is 0.168 e. The van der Waals surface area contributed by atoms with Crippen molar-refractivity contribution in [3.8, 4) is 0 Å². The molecule has 1 rings (SSSR count). The van der Waals surface area contributed by atoms with Crippen LogP contribution in [0.25, 0.3) is 0 Å². The highest BCUT2D eigenvalue weighted by Crippen LogP contribution is 2.60. The van der Waals surface area contributed by atoms with E-state index in [9.17, 15) is 0 Å². The van der Waals surface area contributed by atoms with Crippen LogP contribution in [0, 0.1) is 0 Å². The predicted octanol–water partition coefficient (Wildman–Crippen LogP) is 15.6. The van der Waals surface area contributed by atoms with E-state index in [0.717, 1.165) is 35.5 Å². The summed E-state index contributed by atoms with van der Waals surface area (Å²) in [7, 11) is -14.6. The van der Waals surface area contributed by atoms with Crippen molar-refractivity contribution in [3.05, 3.63) is 0 Å². The second kappa shape index (κ2) is 17.5. The molecule has 0 amide bonds. The third-order valence-corrected chi connectivity index (χ3v) is 131. The summed E-state index contributed by atoms with van der Waals surface area (Å²) >= 11 is 2.89. The molecule has 1 aliphatic rings. The maximum atomic E-state index is 2.92. The Balaban J connectivity index is 5.34. The Morgan fingerprint density at radius 2 is 0.654 bits per heavy atom. The fourth-order valence-corrected chi connectivity index (χ4v) is 231. The summed E-state index contributed by atoms with van der Waals surface area (Å²) in [5.74, 6) is 0. The molecule has 52 heavy (non-hydrogen) atoms. The van der Waals surface area contributed by atoms with Crippen LogP contribution in [0.1, 0.15) is 53.4 Å². The monoisotopic (exact) mass is 935 g/mol. The lowest BCUT2D eigenvalue weighted by atomic mass is 10.4. The lowest BCUT2D eigenvalue weighted by molar-refractivity contribution is 0.886. The standard InChI is InChI=1S/C39H99SSi12/c1-33(2)51(36(43(5,6)7)44(8,9)10,37(45(11,12)13)46(14,15)16)41-42(40-35-31-29-30-32-35)52(34(3)4,38(47(17,18)19)48(20,21)22)39(49(23,24)25)50(26,27)28/h33-39H,29-32H2,1-28H3.